The number of hydrogen-bond donors (Lipinski definition) is 0. The highest BCUT2D eigenvalue weighted by Gasteiger charge is 2.15. The predicted molar refractivity (Wildman–Crippen MR) is 84.1 cm³/mol. The number of alkyl halides is 1. The van der Waals surface area contributed by atoms with Crippen molar-refractivity contribution in [2.24, 2.45) is 0 Å². The van der Waals surface area contributed by atoms with Gasteiger partial charge in [-0.05, 0) is 25.5 Å². The minimum Gasteiger partial charge on any atom is -0.497 e. The molecule has 0 bridgehead atoms. The molecule has 1 heterocycles. The predicted octanol–water partition coefficient (Wildman–Crippen LogP) is 3.11. The van der Waals surface area contributed by atoms with Crippen molar-refractivity contribution < 1.29 is 8.95 Å². The number of halogens is 1. The molecule has 2 unspecified atom stereocenters. The fourth-order valence-electron chi connectivity index (χ4n) is 2.22. The van der Waals surface area contributed by atoms with Gasteiger partial charge in [-0.3, -0.25) is 4.21 Å². The van der Waals surface area contributed by atoms with Crippen LogP contribution >= 0.6 is 11.6 Å². The maximum absolute atomic E-state index is 11.2. The molecule has 4 nitrogen and oxygen atoms in total. The molecule has 6 heteroatoms. The van der Waals surface area contributed by atoms with Crippen molar-refractivity contribution in [2.75, 3.05) is 19.1 Å². The molecular formula is C14H19ClN2O2S. The molecule has 0 saturated carbocycles. The Morgan fingerprint density at radius 3 is 2.85 bits per heavy atom. The van der Waals surface area contributed by atoms with E-state index in [1.807, 2.05) is 25.1 Å². The summed E-state index contributed by atoms with van der Waals surface area (Å²) in [4.78, 5) is 4.59. The van der Waals surface area contributed by atoms with Crippen molar-refractivity contribution in [3.05, 3.63) is 24.0 Å². The lowest BCUT2D eigenvalue weighted by Gasteiger charge is -2.10. The second-order valence-electron chi connectivity index (χ2n) is 4.72. The van der Waals surface area contributed by atoms with Gasteiger partial charge in [-0.15, -0.1) is 11.6 Å². The van der Waals surface area contributed by atoms with Crippen LogP contribution in [0.2, 0.25) is 0 Å². The summed E-state index contributed by atoms with van der Waals surface area (Å²) in [5.41, 5.74) is 1.92. The van der Waals surface area contributed by atoms with Gasteiger partial charge in [0, 0.05) is 35.4 Å². The molecule has 0 N–H and O–H groups in total. The van der Waals surface area contributed by atoms with E-state index in [2.05, 4.69) is 9.55 Å². The Hall–Kier alpha value is -1.07. The maximum atomic E-state index is 11.2. The molecule has 2 rings (SSSR count). The van der Waals surface area contributed by atoms with E-state index in [0.717, 1.165) is 35.6 Å². The second kappa shape index (κ2) is 6.59. The quantitative estimate of drug-likeness (QED) is 0.770. The lowest BCUT2D eigenvalue weighted by Crippen LogP contribution is -2.07. The first-order valence-corrected chi connectivity index (χ1v) is 8.67. The van der Waals surface area contributed by atoms with Crippen LogP contribution in [0.1, 0.15) is 24.5 Å². The fraction of sp³-hybridized carbons (Fsp3) is 0.500. The molecule has 0 fully saturated rings. The number of hydrogen-bond acceptors (Lipinski definition) is 3. The Kier molecular flexibility index (Phi) is 5.05. The van der Waals surface area contributed by atoms with E-state index in [1.54, 1.807) is 13.4 Å². The van der Waals surface area contributed by atoms with Gasteiger partial charge in [0.2, 0.25) is 0 Å². The SMILES string of the molecule is COc1ccc2c(c1)nc(C(C)Cl)n2CCCS(C)=O. The minimum atomic E-state index is -0.770. The fourth-order valence-corrected chi connectivity index (χ4v) is 2.92. The van der Waals surface area contributed by atoms with E-state index >= 15 is 0 Å². The van der Waals surface area contributed by atoms with Crippen molar-refractivity contribution in [1.82, 2.24) is 9.55 Å². The molecule has 0 aliphatic carbocycles. The van der Waals surface area contributed by atoms with Gasteiger partial charge >= 0.3 is 0 Å². The van der Waals surface area contributed by atoms with Gasteiger partial charge < -0.3 is 9.30 Å². The number of aromatic nitrogens is 2. The van der Waals surface area contributed by atoms with Crippen LogP contribution in [-0.2, 0) is 17.3 Å². The summed E-state index contributed by atoms with van der Waals surface area (Å²) < 4.78 is 18.5. The Balaban J connectivity index is 2.38. The summed E-state index contributed by atoms with van der Waals surface area (Å²) in [7, 11) is 0.869. The lowest BCUT2D eigenvalue weighted by atomic mass is 10.3. The third-order valence-corrected chi connectivity index (χ3v) is 4.21. The van der Waals surface area contributed by atoms with Crippen LogP contribution in [0, 0.1) is 0 Å². The average molecular weight is 315 g/mol. The highest BCUT2D eigenvalue weighted by atomic mass is 35.5. The number of benzene rings is 1. The Bertz CT molecular complexity index is 625. The first kappa shape index (κ1) is 15.3. The smallest absolute Gasteiger partial charge is 0.127 e. The van der Waals surface area contributed by atoms with Crippen LogP contribution < -0.4 is 4.74 Å². The Morgan fingerprint density at radius 1 is 1.50 bits per heavy atom. The number of nitrogens with zero attached hydrogens (tertiary/aromatic N) is 2. The minimum absolute atomic E-state index is 0.166. The highest BCUT2D eigenvalue weighted by Crippen LogP contribution is 2.27. The van der Waals surface area contributed by atoms with Crippen LogP contribution in [0.4, 0.5) is 0 Å². The number of aryl methyl sites for hydroxylation is 1. The van der Waals surface area contributed by atoms with Crippen LogP contribution in [0.5, 0.6) is 5.75 Å². The molecule has 20 heavy (non-hydrogen) atoms. The van der Waals surface area contributed by atoms with Crippen LogP contribution in [-0.4, -0.2) is 32.9 Å². The highest BCUT2D eigenvalue weighted by molar-refractivity contribution is 7.84. The van der Waals surface area contributed by atoms with Gasteiger partial charge in [-0.1, -0.05) is 0 Å². The zero-order valence-corrected chi connectivity index (χ0v) is 13.5. The molecule has 0 spiro atoms. The summed E-state index contributed by atoms with van der Waals surface area (Å²) in [5.74, 6) is 2.31. The summed E-state index contributed by atoms with van der Waals surface area (Å²) >= 11 is 6.22. The maximum Gasteiger partial charge on any atom is 0.127 e. The molecule has 1 aromatic heterocycles. The first-order valence-electron chi connectivity index (χ1n) is 6.51. The summed E-state index contributed by atoms with van der Waals surface area (Å²) in [6.45, 7) is 2.68. The van der Waals surface area contributed by atoms with Crippen LogP contribution in [0.3, 0.4) is 0 Å². The van der Waals surface area contributed by atoms with Crippen LogP contribution in [0.15, 0.2) is 18.2 Å². The van der Waals surface area contributed by atoms with Crippen molar-refractivity contribution in [2.45, 2.75) is 25.3 Å². The molecule has 0 amide bonds. The molecule has 1 aromatic carbocycles. The van der Waals surface area contributed by atoms with Gasteiger partial charge in [-0.2, -0.15) is 0 Å². The zero-order chi connectivity index (χ0) is 14.7. The van der Waals surface area contributed by atoms with Gasteiger partial charge in [0.15, 0.2) is 0 Å². The molecular weight excluding hydrogens is 296 g/mol. The topological polar surface area (TPSA) is 44.1 Å². The van der Waals surface area contributed by atoms with Gasteiger partial charge in [0.25, 0.3) is 0 Å². The standard InChI is InChI=1S/C14H19ClN2O2S/c1-10(15)14-16-12-9-11(19-2)5-6-13(12)17(14)7-4-8-20(3)18/h5-6,9-10H,4,7-8H2,1-3H3. The van der Waals surface area contributed by atoms with E-state index < -0.39 is 10.8 Å². The van der Waals surface area contributed by atoms with E-state index in [-0.39, 0.29) is 5.38 Å². The van der Waals surface area contributed by atoms with Gasteiger partial charge in [0.1, 0.15) is 11.6 Å². The van der Waals surface area contributed by atoms with Crippen molar-refractivity contribution >= 4 is 33.4 Å². The first-order chi connectivity index (χ1) is 9.52. The van der Waals surface area contributed by atoms with E-state index in [9.17, 15) is 4.21 Å². The third-order valence-electron chi connectivity index (χ3n) is 3.15. The third kappa shape index (κ3) is 3.33. The second-order valence-corrected chi connectivity index (χ2v) is 6.93. The van der Waals surface area contributed by atoms with E-state index in [4.69, 9.17) is 16.3 Å². The molecule has 2 aromatic rings. The van der Waals surface area contributed by atoms with E-state index in [1.165, 1.54) is 0 Å². The summed E-state index contributed by atoms with van der Waals surface area (Å²) in [5, 5.41) is -0.166. The molecule has 0 aliphatic heterocycles. The van der Waals surface area contributed by atoms with E-state index in [0.29, 0.717) is 5.75 Å². The number of rotatable bonds is 6. The molecule has 0 saturated heterocycles. The molecule has 110 valence electrons. The average Bonchev–Trinajstić information content (AvgIpc) is 2.76. The van der Waals surface area contributed by atoms with Crippen LogP contribution in [0.25, 0.3) is 11.0 Å². The number of methoxy groups -OCH3 is 1. The van der Waals surface area contributed by atoms with Gasteiger partial charge in [0.05, 0.1) is 23.5 Å². The summed E-state index contributed by atoms with van der Waals surface area (Å²) in [6, 6.07) is 5.82. The number of fused-ring (bicyclic) bond motifs is 1. The Labute approximate surface area is 126 Å². The Morgan fingerprint density at radius 2 is 2.25 bits per heavy atom. The molecule has 0 aliphatic rings. The normalized spacial score (nSPS) is 14.4. The lowest BCUT2D eigenvalue weighted by molar-refractivity contribution is 0.415. The van der Waals surface area contributed by atoms with Crippen molar-refractivity contribution in [1.29, 1.82) is 0 Å². The molecule has 2 atom stereocenters. The number of ether oxygens (including phenoxy) is 1. The zero-order valence-electron chi connectivity index (χ0n) is 11.9. The van der Waals surface area contributed by atoms with Gasteiger partial charge in [-0.25, -0.2) is 4.98 Å². The molecule has 0 radical (unpaired) electrons. The monoisotopic (exact) mass is 314 g/mol. The summed E-state index contributed by atoms with van der Waals surface area (Å²) in [6.07, 6.45) is 2.57. The number of imidazole rings is 1. The van der Waals surface area contributed by atoms with Crippen molar-refractivity contribution in [3.63, 3.8) is 0 Å². The van der Waals surface area contributed by atoms with Crippen molar-refractivity contribution in [3.8, 4) is 5.75 Å². The largest absolute Gasteiger partial charge is 0.497 e.